The van der Waals surface area contributed by atoms with E-state index in [0.29, 0.717) is 0 Å². The molecule has 0 fully saturated rings. The molecule has 0 radical (unpaired) electrons. The highest BCUT2D eigenvalue weighted by Crippen LogP contribution is 2.24. The van der Waals surface area contributed by atoms with Gasteiger partial charge in [0.25, 0.3) is 5.91 Å². The summed E-state index contributed by atoms with van der Waals surface area (Å²) < 4.78 is 0.992. The highest BCUT2D eigenvalue weighted by molar-refractivity contribution is 9.10. The molecule has 0 heterocycles. The monoisotopic (exact) mass is 317 g/mol. The van der Waals surface area contributed by atoms with Crippen LogP contribution in [0.1, 0.15) is 27.0 Å². The molecule has 0 saturated carbocycles. The minimum atomic E-state index is -0.0672. The number of aryl methyl sites for hydroxylation is 1. The zero-order chi connectivity index (χ0) is 14.0. The maximum absolute atomic E-state index is 12.3. The van der Waals surface area contributed by atoms with E-state index in [1.165, 1.54) is 0 Å². The van der Waals surface area contributed by atoms with Gasteiger partial charge in [-0.1, -0.05) is 34.1 Å². The van der Waals surface area contributed by atoms with Crippen LogP contribution < -0.4 is 5.32 Å². The second kappa shape index (κ2) is 5.57. The molecule has 2 nitrogen and oxygen atoms in total. The van der Waals surface area contributed by atoms with Crippen LogP contribution in [0.25, 0.3) is 0 Å². The molecule has 0 spiro atoms. The van der Waals surface area contributed by atoms with Gasteiger partial charge in [0.2, 0.25) is 0 Å². The number of halogens is 1. The molecule has 19 heavy (non-hydrogen) atoms. The third-order valence-corrected chi connectivity index (χ3v) is 4.22. The van der Waals surface area contributed by atoms with Crippen molar-refractivity contribution < 1.29 is 4.79 Å². The Kier molecular flexibility index (Phi) is 4.05. The van der Waals surface area contributed by atoms with Crippen LogP contribution in [0.4, 0.5) is 5.69 Å². The Morgan fingerprint density at radius 3 is 2.42 bits per heavy atom. The molecular weight excluding hydrogens is 302 g/mol. The van der Waals surface area contributed by atoms with Crippen LogP contribution in [-0.2, 0) is 0 Å². The number of carbonyl (C=O) groups excluding carboxylic acids is 1. The summed E-state index contributed by atoms with van der Waals surface area (Å²) in [6.07, 6.45) is 0. The number of rotatable bonds is 2. The number of carbonyl (C=O) groups is 1. The first-order valence-electron chi connectivity index (χ1n) is 6.13. The Morgan fingerprint density at radius 1 is 1.00 bits per heavy atom. The van der Waals surface area contributed by atoms with Crippen molar-refractivity contribution in [2.75, 3.05) is 5.32 Å². The predicted molar refractivity (Wildman–Crippen MR) is 82.7 cm³/mol. The van der Waals surface area contributed by atoms with Crippen molar-refractivity contribution in [2.24, 2.45) is 0 Å². The average molecular weight is 318 g/mol. The number of nitrogens with one attached hydrogen (secondary N) is 1. The zero-order valence-electron chi connectivity index (χ0n) is 11.3. The van der Waals surface area contributed by atoms with Gasteiger partial charge in [-0.25, -0.2) is 0 Å². The minimum Gasteiger partial charge on any atom is -0.322 e. The van der Waals surface area contributed by atoms with E-state index in [-0.39, 0.29) is 5.91 Å². The van der Waals surface area contributed by atoms with Crippen LogP contribution in [0.2, 0.25) is 0 Å². The average Bonchev–Trinajstić information content (AvgIpc) is 2.38. The summed E-state index contributed by atoms with van der Waals surface area (Å²) in [6, 6.07) is 11.5. The van der Waals surface area contributed by atoms with Crippen LogP contribution >= 0.6 is 15.9 Å². The summed E-state index contributed by atoms with van der Waals surface area (Å²) in [5, 5.41) is 2.97. The van der Waals surface area contributed by atoms with Crippen molar-refractivity contribution in [1.82, 2.24) is 0 Å². The highest BCUT2D eigenvalue weighted by atomic mass is 79.9. The van der Waals surface area contributed by atoms with Crippen molar-refractivity contribution in [3.8, 4) is 0 Å². The van der Waals surface area contributed by atoms with Gasteiger partial charge < -0.3 is 5.32 Å². The first kappa shape index (κ1) is 13.8. The zero-order valence-corrected chi connectivity index (χ0v) is 12.8. The Bertz CT molecular complexity index is 635. The minimum absolute atomic E-state index is 0.0672. The van der Waals surface area contributed by atoms with Crippen molar-refractivity contribution >= 4 is 27.5 Å². The first-order valence-corrected chi connectivity index (χ1v) is 6.92. The molecule has 2 aromatic rings. The molecule has 0 aliphatic heterocycles. The molecule has 0 saturated heterocycles. The van der Waals surface area contributed by atoms with Gasteiger partial charge in [0.05, 0.1) is 0 Å². The lowest BCUT2D eigenvalue weighted by molar-refractivity contribution is 0.102. The number of benzene rings is 2. The summed E-state index contributed by atoms with van der Waals surface area (Å²) in [6.45, 7) is 5.96. The second-order valence-corrected chi connectivity index (χ2v) is 5.47. The van der Waals surface area contributed by atoms with E-state index in [0.717, 1.165) is 32.4 Å². The lowest BCUT2D eigenvalue weighted by Crippen LogP contribution is -2.14. The van der Waals surface area contributed by atoms with Gasteiger partial charge in [0, 0.05) is 15.7 Å². The van der Waals surface area contributed by atoms with E-state index in [2.05, 4.69) is 21.2 Å². The van der Waals surface area contributed by atoms with Gasteiger partial charge in [0.15, 0.2) is 0 Å². The van der Waals surface area contributed by atoms with Crippen LogP contribution in [0.5, 0.6) is 0 Å². The number of hydrogen-bond acceptors (Lipinski definition) is 1. The molecule has 0 bridgehead atoms. The van der Waals surface area contributed by atoms with Gasteiger partial charge in [-0.05, 0) is 55.7 Å². The molecule has 2 aromatic carbocycles. The molecule has 0 aliphatic rings. The third kappa shape index (κ3) is 2.87. The van der Waals surface area contributed by atoms with Gasteiger partial charge in [0.1, 0.15) is 0 Å². The van der Waals surface area contributed by atoms with Crippen LogP contribution in [0.15, 0.2) is 40.9 Å². The molecular formula is C16H16BrNO. The molecule has 0 aliphatic carbocycles. The van der Waals surface area contributed by atoms with Crippen LogP contribution in [-0.4, -0.2) is 5.91 Å². The third-order valence-electron chi connectivity index (χ3n) is 3.37. The predicted octanol–water partition coefficient (Wildman–Crippen LogP) is 4.63. The molecule has 1 amide bonds. The summed E-state index contributed by atoms with van der Waals surface area (Å²) in [4.78, 5) is 12.3. The Hall–Kier alpha value is -1.61. The SMILES string of the molecule is Cc1cccc(C(=O)Nc2cccc(Br)c2C)c1C. The van der Waals surface area contributed by atoms with Crippen LogP contribution in [0, 0.1) is 20.8 Å². The van der Waals surface area contributed by atoms with Crippen LogP contribution in [0.3, 0.4) is 0 Å². The fourth-order valence-electron chi connectivity index (χ4n) is 1.93. The highest BCUT2D eigenvalue weighted by Gasteiger charge is 2.11. The Labute approximate surface area is 122 Å². The standard InChI is InChI=1S/C16H16BrNO/c1-10-6-4-7-13(11(10)2)16(19)18-15-9-5-8-14(17)12(15)3/h4-9H,1-3H3,(H,18,19). The largest absolute Gasteiger partial charge is 0.322 e. The molecule has 1 N–H and O–H groups in total. The maximum Gasteiger partial charge on any atom is 0.255 e. The Balaban J connectivity index is 2.31. The van der Waals surface area contributed by atoms with Gasteiger partial charge in [-0.15, -0.1) is 0 Å². The second-order valence-electron chi connectivity index (χ2n) is 4.61. The van der Waals surface area contributed by atoms with E-state index in [1.807, 2.05) is 57.2 Å². The number of hydrogen-bond donors (Lipinski definition) is 1. The maximum atomic E-state index is 12.3. The van der Waals surface area contributed by atoms with Gasteiger partial charge in [-0.3, -0.25) is 4.79 Å². The summed E-state index contributed by atoms with van der Waals surface area (Å²) in [7, 11) is 0. The summed E-state index contributed by atoms with van der Waals surface area (Å²) in [5.74, 6) is -0.0672. The molecule has 0 aromatic heterocycles. The summed E-state index contributed by atoms with van der Waals surface area (Å²) in [5.41, 5.74) is 4.73. The van der Waals surface area contributed by atoms with E-state index < -0.39 is 0 Å². The fourth-order valence-corrected chi connectivity index (χ4v) is 2.30. The smallest absolute Gasteiger partial charge is 0.255 e. The molecule has 0 atom stereocenters. The van der Waals surface area contributed by atoms with E-state index in [9.17, 15) is 4.79 Å². The van der Waals surface area contributed by atoms with Crippen molar-refractivity contribution in [2.45, 2.75) is 20.8 Å². The number of amides is 1. The normalized spacial score (nSPS) is 10.3. The Morgan fingerprint density at radius 2 is 1.68 bits per heavy atom. The molecule has 3 heteroatoms. The summed E-state index contributed by atoms with van der Waals surface area (Å²) >= 11 is 3.47. The first-order chi connectivity index (χ1) is 9.00. The van der Waals surface area contributed by atoms with Gasteiger partial charge >= 0.3 is 0 Å². The topological polar surface area (TPSA) is 29.1 Å². The van der Waals surface area contributed by atoms with Crippen molar-refractivity contribution in [3.05, 3.63) is 63.1 Å². The lowest BCUT2D eigenvalue weighted by atomic mass is 10.0. The van der Waals surface area contributed by atoms with Crippen molar-refractivity contribution in [3.63, 3.8) is 0 Å². The molecule has 0 unspecified atom stereocenters. The number of anilines is 1. The quantitative estimate of drug-likeness (QED) is 0.859. The molecule has 2 rings (SSSR count). The van der Waals surface area contributed by atoms with Gasteiger partial charge in [-0.2, -0.15) is 0 Å². The van der Waals surface area contributed by atoms with E-state index in [1.54, 1.807) is 0 Å². The van der Waals surface area contributed by atoms with Crippen molar-refractivity contribution in [1.29, 1.82) is 0 Å². The van der Waals surface area contributed by atoms with E-state index in [4.69, 9.17) is 0 Å². The van der Waals surface area contributed by atoms with E-state index >= 15 is 0 Å². The molecule has 98 valence electrons. The fraction of sp³-hybridized carbons (Fsp3) is 0.188. The lowest BCUT2D eigenvalue weighted by Gasteiger charge is -2.12.